The predicted molar refractivity (Wildman–Crippen MR) is 71.5 cm³/mol. The Hall–Kier alpha value is -0.950. The molecule has 0 spiro atoms. The number of hydrogen-bond donors (Lipinski definition) is 0. The molecule has 1 aromatic rings. The maximum absolute atomic E-state index is 11.6. The summed E-state index contributed by atoms with van der Waals surface area (Å²) < 4.78 is 28.3. The molecule has 1 aromatic heterocycles. The van der Waals surface area contributed by atoms with Gasteiger partial charge in [-0.1, -0.05) is 5.16 Å². The second kappa shape index (κ2) is 5.20. The summed E-state index contributed by atoms with van der Waals surface area (Å²) in [5.41, 5.74) is 0. The second-order valence-electron chi connectivity index (χ2n) is 5.51. The zero-order valence-electron chi connectivity index (χ0n) is 11.8. The Labute approximate surface area is 114 Å². The molecule has 0 unspecified atom stereocenters. The lowest BCUT2D eigenvalue weighted by atomic mass is 10.2. The van der Waals surface area contributed by atoms with Crippen LogP contribution in [-0.4, -0.2) is 48.1 Å². The molecule has 1 saturated carbocycles. The first kappa shape index (κ1) is 14.5. The highest BCUT2D eigenvalue weighted by molar-refractivity contribution is 7.91. The van der Waals surface area contributed by atoms with Gasteiger partial charge in [-0.3, -0.25) is 4.90 Å². The summed E-state index contributed by atoms with van der Waals surface area (Å²) in [6.45, 7) is 4.12. The molecular formula is C12H21N3O3S. The lowest BCUT2D eigenvalue weighted by Crippen LogP contribution is -2.41. The number of sulfone groups is 1. The summed E-state index contributed by atoms with van der Waals surface area (Å²) in [7, 11) is -1.17. The third-order valence-electron chi connectivity index (χ3n) is 3.85. The van der Waals surface area contributed by atoms with Crippen molar-refractivity contribution in [3.05, 3.63) is 11.7 Å². The smallest absolute Gasteiger partial charge is 0.229 e. The molecule has 108 valence electrons. The first-order valence-corrected chi connectivity index (χ1v) is 8.46. The Morgan fingerprint density at radius 3 is 2.58 bits per heavy atom. The van der Waals surface area contributed by atoms with Gasteiger partial charge in [-0.2, -0.15) is 4.98 Å². The van der Waals surface area contributed by atoms with Crippen molar-refractivity contribution in [3.63, 3.8) is 0 Å². The van der Waals surface area contributed by atoms with E-state index in [4.69, 9.17) is 4.52 Å². The highest BCUT2D eigenvalue weighted by Gasteiger charge is 2.30. The average molecular weight is 287 g/mol. The van der Waals surface area contributed by atoms with Crippen LogP contribution in [0.15, 0.2) is 4.52 Å². The lowest BCUT2D eigenvalue weighted by molar-refractivity contribution is 0.235. The molecule has 0 aromatic carbocycles. The Kier molecular flexibility index (Phi) is 3.96. The van der Waals surface area contributed by atoms with Gasteiger partial charge in [0.1, 0.15) is 0 Å². The highest BCUT2D eigenvalue weighted by Crippen LogP contribution is 2.38. The van der Waals surface area contributed by atoms with Crippen LogP contribution in [0.25, 0.3) is 0 Å². The van der Waals surface area contributed by atoms with Gasteiger partial charge in [-0.05, 0) is 33.7 Å². The fourth-order valence-electron chi connectivity index (χ4n) is 1.91. The average Bonchev–Trinajstić information content (AvgIpc) is 3.07. The van der Waals surface area contributed by atoms with Crippen LogP contribution in [0.4, 0.5) is 0 Å². The summed E-state index contributed by atoms with van der Waals surface area (Å²) in [4.78, 5) is 6.28. The Morgan fingerprint density at radius 1 is 1.42 bits per heavy atom. The van der Waals surface area contributed by atoms with E-state index < -0.39 is 15.1 Å². The fourth-order valence-corrected chi connectivity index (χ4v) is 2.83. The molecule has 2 atom stereocenters. The van der Waals surface area contributed by atoms with Gasteiger partial charge in [0, 0.05) is 18.2 Å². The molecule has 0 amide bonds. The number of hydrogen-bond acceptors (Lipinski definition) is 6. The zero-order valence-corrected chi connectivity index (χ0v) is 12.6. The van der Waals surface area contributed by atoms with E-state index in [1.807, 2.05) is 18.9 Å². The van der Waals surface area contributed by atoms with Gasteiger partial charge in [0.2, 0.25) is 5.89 Å². The van der Waals surface area contributed by atoms with Crippen molar-refractivity contribution >= 4 is 9.84 Å². The molecule has 1 aliphatic carbocycles. The Bertz CT molecular complexity index is 536. The molecule has 0 aliphatic heterocycles. The van der Waals surface area contributed by atoms with E-state index in [2.05, 4.69) is 10.1 Å². The van der Waals surface area contributed by atoms with Crippen LogP contribution in [0.1, 0.15) is 44.3 Å². The SMILES string of the molecule is C[C@H]([C@H](C)S(C)(=O)=O)N(C)Cc1noc(C2CC2)n1. The van der Waals surface area contributed by atoms with Gasteiger partial charge in [0.25, 0.3) is 0 Å². The minimum atomic E-state index is -3.04. The molecule has 1 heterocycles. The van der Waals surface area contributed by atoms with Gasteiger partial charge in [-0.25, -0.2) is 8.42 Å². The summed E-state index contributed by atoms with van der Waals surface area (Å²) in [6, 6.07) is -0.0992. The minimum absolute atomic E-state index is 0.0992. The van der Waals surface area contributed by atoms with Crippen molar-refractivity contribution in [1.29, 1.82) is 0 Å². The van der Waals surface area contributed by atoms with Crippen LogP contribution in [-0.2, 0) is 16.4 Å². The molecule has 0 bridgehead atoms. The molecule has 0 radical (unpaired) electrons. The van der Waals surface area contributed by atoms with Crippen LogP contribution >= 0.6 is 0 Å². The summed E-state index contributed by atoms with van der Waals surface area (Å²) >= 11 is 0. The summed E-state index contributed by atoms with van der Waals surface area (Å²) in [5.74, 6) is 1.78. The first-order valence-electron chi connectivity index (χ1n) is 6.50. The lowest BCUT2D eigenvalue weighted by Gasteiger charge is -2.27. The van der Waals surface area contributed by atoms with Crippen molar-refractivity contribution in [1.82, 2.24) is 15.0 Å². The van der Waals surface area contributed by atoms with E-state index in [1.54, 1.807) is 6.92 Å². The number of aromatic nitrogens is 2. The zero-order chi connectivity index (χ0) is 14.2. The largest absolute Gasteiger partial charge is 0.339 e. The van der Waals surface area contributed by atoms with Gasteiger partial charge >= 0.3 is 0 Å². The van der Waals surface area contributed by atoms with E-state index in [1.165, 1.54) is 6.26 Å². The van der Waals surface area contributed by atoms with Crippen LogP contribution in [0, 0.1) is 0 Å². The molecule has 1 aliphatic rings. The second-order valence-corrected chi connectivity index (χ2v) is 7.92. The van der Waals surface area contributed by atoms with Crippen molar-refractivity contribution < 1.29 is 12.9 Å². The Morgan fingerprint density at radius 2 is 2.05 bits per heavy atom. The van der Waals surface area contributed by atoms with Crippen LogP contribution in [0.5, 0.6) is 0 Å². The van der Waals surface area contributed by atoms with Gasteiger partial charge in [-0.15, -0.1) is 0 Å². The summed E-state index contributed by atoms with van der Waals surface area (Å²) in [6.07, 6.45) is 3.51. The first-order chi connectivity index (χ1) is 8.79. The third kappa shape index (κ3) is 3.54. The standard InChI is InChI=1S/C12H21N3O3S/c1-8(9(2)19(4,16)17)15(3)7-11-13-12(18-14-11)10-5-6-10/h8-10H,5-7H2,1-4H3/t8-,9+/m1/s1. The van der Waals surface area contributed by atoms with Gasteiger partial charge in [0.15, 0.2) is 15.7 Å². The van der Waals surface area contributed by atoms with E-state index in [0.717, 1.165) is 12.8 Å². The Balaban J connectivity index is 1.97. The molecule has 0 N–H and O–H groups in total. The molecule has 7 heteroatoms. The molecule has 0 saturated heterocycles. The van der Waals surface area contributed by atoms with Crippen molar-refractivity contribution in [2.75, 3.05) is 13.3 Å². The molecule has 6 nitrogen and oxygen atoms in total. The number of rotatable bonds is 6. The van der Waals surface area contributed by atoms with Crippen molar-refractivity contribution in [2.24, 2.45) is 0 Å². The van der Waals surface area contributed by atoms with E-state index in [-0.39, 0.29) is 6.04 Å². The van der Waals surface area contributed by atoms with Crippen LogP contribution in [0.3, 0.4) is 0 Å². The van der Waals surface area contributed by atoms with E-state index in [0.29, 0.717) is 24.2 Å². The van der Waals surface area contributed by atoms with Crippen LogP contribution in [0.2, 0.25) is 0 Å². The summed E-state index contributed by atoms with van der Waals surface area (Å²) in [5, 5.41) is 3.52. The quantitative estimate of drug-likeness (QED) is 0.782. The normalized spacial score (nSPS) is 19.6. The fraction of sp³-hybridized carbons (Fsp3) is 0.833. The maximum Gasteiger partial charge on any atom is 0.229 e. The minimum Gasteiger partial charge on any atom is -0.339 e. The van der Waals surface area contributed by atoms with Crippen molar-refractivity contribution in [2.45, 2.75) is 50.4 Å². The molecule has 2 rings (SSSR count). The monoisotopic (exact) mass is 287 g/mol. The molecule has 1 fully saturated rings. The van der Waals surface area contributed by atoms with Crippen LogP contribution < -0.4 is 0 Å². The van der Waals surface area contributed by atoms with Gasteiger partial charge in [0.05, 0.1) is 11.8 Å². The van der Waals surface area contributed by atoms with Gasteiger partial charge < -0.3 is 4.52 Å². The topological polar surface area (TPSA) is 76.3 Å². The van der Waals surface area contributed by atoms with E-state index >= 15 is 0 Å². The highest BCUT2D eigenvalue weighted by atomic mass is 32.2. The molecule has 19 heavy (non-hydrogen) atoms. The maximum atomic E-state index is 11.6. The third-order valence-corrected chi connectivity index (χ3v) is 5.60. The predicted octanol–water partition coefficient (Wildman–Crippen LogP) is 1.20. The van der Waals surface area contributed by atoms with Crippen molar-refractivity contribution in [3.8, 4) is 0 Å². The number of nitrogens with zero attached hydrogens (tertiary/aromatic N) is 3. The molecular weight excluding hydrogens is 266 g/mol. The van der Waals surface area contributed by atoms with E-state index in [9.17, 15) is 8.42 Å².